The lowest BCUT2D eigenvalue weighted by Gasteiger charge is -2.31. The molecule has 19 heavy (non-hydrogen) atoms. The maximum absolute atomic E-state index is 5.91. The van der Waals surface area contributed by atoms with Crippen LogP contribution in [0, 0.1) is 5.92 Å². The van der Waals surface area contributed by atoms with Gasteiger partial charge in [-0.05, 0) is 18.8 Å². The molecule has 0 bridgehead atoms. The highest BCUT2D eigenvalue weighted by Crippen LogP contribution is 2.38. The van der Waals surface area contributed by atoms with Gasteiger partial charge in [-0.1, -0.05) is 13.8 Å². The highest BCUT2D eigenvalue weighted by Gasteiger charge is 2.29. The molecule has 1 aromatic rings. The van der Waals surface area contributed by atoms with Crippen molar-refractivity contribution in [1.29, 1.82) is 0 Å². The Hall–Kier alpha value is -1.72. The van der Waals surface area contributed by atoms with Gasteiger partial charge in [0.25, 0.3) is 0 Å². The van der Waals surface area contributed by atoms with Crippen LogP contribution >= 0.6 is 0 Å². The van der Waals surface area contributed by atoms with Crippen molar-refractivity contribution in [3.05, 3.63) is 0 Å². The quantitative estimate of drug-likeness (QED) is 0.842. The van der Waals surface area contributed by atoms with Crippen LogP contribution in [-0.4, -0.2) is 35.7 Å². The van der Waals surface area contributed by atoms with Crippen LogP contribution < -0.4 is 20.7 Å². The lowest BCUT2D eigenvalue weighted by molar-refractivity contribution is 0.255. The first-order chi connectivity index (χ1) is 9.15. The molecule has 3 N–H and O–H groups in total. The summed E-state index contributed by atoms with van der Waals surface area (Å²) in [6, 6.07) is 0.272. The fourth-order valence-corrected chi connectivity index (χ4v) is 2.58. The van der Waals surface area contributed by atoms with Crippen molar-refractivity contribution in [1.82, 2.24) is 9.97 Å². The van der Waals surface area contributed by atoms with Gasteiger partial charge in [-0.2, -0.15) is 9.97 Å². The minimum absolute atomic E-state index is 0.272. The van der Waals surface area contributed by atoms with Crippen LogP contribution in [0.25, 0.3) is 0 Å². The molecule has 0 spiro atoms. The normalized spacial score (nSPS) is 22.1. The van der Waals surface area contributed by atoms with E-state index in [1.165, 1.54) is 12.8 Å². The summed E-state index contributed by atoms with van der Waals surface area (Å²) in [5.41, 5.74) is 5.83. The highest BCUT2D eigenvalue weighted by atomic mass is 16.5. The van der Waals surface area contributed by atoms with Crippen molar-refractivity contribution in [2.45, 2.75) is 32.7 Å². The van der Waals surface area contributed by atoms with Crippen LogP contribution in [-0.2, 0) is 0 Å². The summed E-state index contributed by atoms with van der Waals surface area (Å²) in [4.78, 5) is 10.9. The highest BCUT2D eigenvalue weighted by molar-refractivity contribution is 5.68. The second-order valence-corrected chi connectivity index (χ2v) is 5.58. The van der Waals surface area contributed by atoms with Gasteiger partial charge in [0.1, 0.15) is 6.61 Å². The number of anilines is 3. The zero-order valence-corrected chi connectivity index (χ0v) is 11.5. The number of rotatable bonds is 2. The van der Waals surface area contributed by atoms with Gasteiger partial charge in [0.15, 0.2) is 11.6 Å². The SMILES string of the molecule is CC(C)C1COc2c(nc(N)nc2N2CCCC2)N1. The van der Waals surface area contributed by atoms with E-state index in [0.29, 0.717) is 18.5 Å². The van der Waals surface area contributed by atoms with Crippen LogP contribution in [0.1, 0.15) is 26.7 Å². The zero-order valence-electron chi connectivity index (χ0n) is 11.5. The monoisotopic (exact) mass is 263 g/mol. The molecular weight excluding hydrogens is 242 g/mol. The smallest absolute Gasteiger partial charge is 0.224 e. The number of ether oxygens (including phenoxy) is 1. The molecule has 0 aliphatic carbocycles. The van der Waals surface area contributed by atoms with E-state index in [2.05, 4.69) is 34.0 Å². The third-order valence-electron chi connectivity index (χ3n) is 3.80. The van der Waals surface area contributed by atoms with Crippen molar-refractivity contribution in [3.8, 4) is 5.75 Å². The van der Waals surface area contributed by atoms with Gasteiger partial charge in [0.05, 0.1) is 6.04 Å². The largest absolute Gasteiger partial charge is 0.484 e. The summed E-state index contributed by atoms with van der Waals surface area (Å²) in [5, 5.41) is 3.42. The Bertz CT molecular complexity index is 470. The van der Waals surface area contributed by atoms with Gasteiger partial charge in [-0.3, -0.25) is 0 Å². The number of hydrogen-bond donors (Lipinski definition) is 2. The molecule has 2 aliphatic rings. The number of fused-ring (bicyclic) bond motifs is 1. The number of nitrogen functional groups attached to an aromatic ring is 1. The molecule has 6 nitrogen and oxygen atoms in total. The summed E-state index contributed by atoms with van der Waals surface area (Å²) < 4.78 is 5.91. The van der Waals surface area contributed by atoms with Gasteiger partial charge in [0.2, 0.25) is 11.7 Å². The summed E-state index contributed by atoms with van der Waals surface area (Å²) in [7, 11) is 0. The lowest BCUT2D eigenvalue weighted by atomic mass is 10.0. The Kier molecular flexibility index (Phi) is 3.08. The predicted octanol–water partition coefficient (Wildman–Crippen LogP) is 1.49. The minimum atomic E-state index is 0.272. The van der Waals surface area contributed by atoms with Gasteiger partial charge < -0.3 is 20.7 Å². The number of nitrogens with one attached hydrogen (secondary N) is 1. The molecule has 0 amide bonds. The number of nitrogens with two attached hydrogens (primary N) is 1. The van der Waals surface area contributed by atoms with Crippen LogP contribution in [0.2, 0.25) is 0 Å². The van der Waals surface area contributed by atoms with E-state index in [-0.39, 0.29) is 6.04 Å². The molecule has 0 aromatic carbocycles. The molecule has 1 atom stereocenters. The second kappa shape index (κ2) is 4.75. The average Bonchev–Trinajstić information content (AvgIpc) is 2.90. The molecule has 2 aliphatic heterocycles. The van der Waals surface area contributed by atoms with Crippen LogP contribution in [0.3, 0.4) is 0 Å². The third-order valence-corrected chi connectivity index (χ3v) is 3.80. The average molecular weight is 263 g/mol. The Morgan fingerprint density at radius 3 is 2.74 bits per heavy atom. The van der Waals surface area contributed by atoms with Crippen LogP contribution in [0.5, 0.6) is 5.75 Å². The van der Waals surface area contributed by atoms with E-state index in [1.54, 1.807) is 0 Å². The Morgan fingerprint density at radius 1 is 1.32 bits per heavy atom. The Balaban J connectivity index is 1.95. The van der Waals surface area contributed by atoms with E-state index in [0.717, 1.165) is 30.5 Å². The maximum atomic E-state index is 5.91. The van der Waals surface area contributed by atoms with Crippen molar-refractivity contribution < 1.29 is 4.74 Å². The maximum Gasteiger partial charge on any atom is 0.224 e. The minimum Gasteiger partial charge on any atom is -0.484 e. The molecule has 6 heteroatoms. The topological polar surface area (TPSA) is 76.3 Å². The Morgan fingerprint density at radius 2 is 2.05 bits per heavy atom. The van der Waals surface area contributed by atoms with E-state index in [4.69, 9.17) is 10.5 Å². The van der Waals surface area contributed by atoms with Gasteiger partial charge in [-0.25, -0.2) is 0 Å². The molecule has 104 valence electrons. The summed E-state index contributed by atoms with van der Waals surface area (Å²) in [6.45, 7) is 7.01. The molecule has 1 aromatic heterocycles. The summed E-state index contributed by atoms with van der Waals surface area (Å²) in [5.74, 6) is 3.13. The van der Waals surface area contributed by atoms with Crippen molar-refractivity contribution in [2.24, 2.45) is 5.92 Å². The molecule has 1 unspecified atom stereocenters. The first-order valence-electron chi connectivity index (χ1n) is 6.97. The zero-order chi connectivity index (χ0) is 13.4. The first kappa shape index (κ1) is 12.3. The molecule has 1 saturated heterocycles. The standard InChI is InChI=1S/C13H21N5O/c1-8(2)9-7-19-10-11(15-9)16-13(14)17-12(10)18-5-3-4-6-18/h8-9H,3-7H2,1-2H3,(H3,14,15,16,17). The molecule has 3 heterocycles. The molecule has 0 radical (unpaired) electrons. The van der Waals surface area contributed by atoms with E-state index in [1.807, 2.05) is 0 Å². The lowest BCUT2D eigenvalue weighted by Crippen LogP contribution is -2.37. The van der Waals surface area contributed by atoms with Crippen molar-refractivity contribution >= 4 is 17.6 Å². The number of nitrogens with zero attached hydrogens (tertiary/aromatic N) is 3. The fourth-order valence-electron chi connectivity index (χ4n) is 2.58. The van der Waals surface area contributed by atoms with Gasteiger partial charge in [-0.15, -0.1) is 0 Å². The van der Waals surface area contributed by atoms with E-state index < -0.39 is 0 Å². The van der Waals surface area contributed by atoms with Crippen LogP contribution in [0.4, 0.5) is 17.6 Å². The predicted molar refractivity (Wildman–Crippen MR) is 75.6 cm³/mol. The molecule has 0 saturated carbocycles. The summed E-state index contributed by atoms with van der Waals surface area (Å²) >= 11 is 0. The van der Waals surface area contributed by atoms with Crippen molar-refractivity contribution in [3.63, 3.8) is 0 Å². The number of hydrogen-bond acceptors (Lipinski definition) is 6. The third kappa shape index (κ3) is 2.27. The van der Waals surface area contributed by atoms with Gasteiger partial charge >= 0.3 is 0 Å². The van der Waals surface area contributed by atoms with E-state index in [9.17, 15) is 0 Å². The number of aromatic nitrogens is 2. The van der Waals surface area contributed by atoms with Crippen molar-refractivity contribution in [2.75, 3.05) is 35.6 Å². The second-order valence-electron chi connectivity index (χ2n) is 5.58. The van der Waals surface area contributed by atoms with E-state index >= 15 is 0 Å². The first-order valence-corrected chi connectivity index (χ1v) is 6.97. The van der Waals surface area contributed by atoms with Gasteiger partial charge in [0, 0.05) is 13.1 Å². The Labute approximate surface area is 113 Å². The van der Waals surface area contributed by atoms with Crippen LogP contribution in [0.15, 0.2) is 0 Å². The summed E-state index contributed by atoms with van der Waals surface area (Å²) in [6.07, 6.45) is 2.39. The molecule has 1 fully saturated rings. The fraction of sp³-hybridized carbons (Fsp3) is 0.692. The molecular formula is C13H21N5O. The molecule has 3 rings (SSSR count).